The summed E-state index contributed by atoms with van der Waals surface area (Å²) in [6.07, 6.45) is 4.53. The molecular weight excluding hydrogens is 344 g/mol. The molecule has 0 radical (unpaired) electrons. The minimum absolute atomic E-state index is 0.142. The molecule has 0 unspecified atom stereocenters. The molecule has 2 heterocycles. The average Bonchev–Trinajstić information content (AvgIpc) is 2.64. The van der Waals surface area contributed by atoms with Crippen molar-refractivity contribution in [2.75, 3.05) is 25.5 Å². The summed E-state index contributed by atoms with van der Waals surface area (Å²) in [5.41, 5.74) is 0.717. The van der Waals surface area contributed by atoms with Crippen LogP contribution < -0.4 is 14.8 Å². The summed E-state index contributed by atoms with van der Waals surface area (Å²) in [4.78, 5) is 22.2. The van der Waals surface area contributed by atoms with Gasteiger partial charge in [-0.3, -0.25) is 0 Å². The zero-order valence-electron chi connectivity index (χ0n) is 13.8. The van der Waals surface area contributed by atoms with Crippen molar-refractivity contribution in [3.63, 3.8) is 0 Å². The number of halogens is 1. The number of urea groups is 1. The highest BCUT2D eigenvalue weighted by Crippen LogP contribution is 2.19. The van der Waals surface area contributed by atoms with E-state index < -0.39 is 0 Å². The lowest BCUT2D eigenvalue weighted by atomic mass is 10.1. The number of nitrogens with zero attached hydrogens (tertiary/aromatic N) is 3. The van der Waals surface area contributed by atoms with Crippen LogP contribution in [-0.4, -0.2) is 47.2 Å². The van der Waals surface area contributed by atoms with Crippen molar-refractivity contribution in [1.82, 2.24) is 14.9 Å². The van der Waals surface area contributed by atoms with Crippen LogP contribution in [0, 0.1) is 0 Å². The Morgan fingerprint density at radius 3 is 2.68 bits per heavy atom. The van der Waals surface area contributed by atoms with E-state index in [1.165, 1.54) is 12.4 Å². The number of nitrogens with one attached hydrogen (secondary N) is 1. The van der Waals surface area contributed by atoms with Crippen molar-refractivity contribution < 1.29 is 14.3 Å². The van der Waals surface area contributed by atoms with E-state index in [1.54, 1.807) is 36.3 Å². The number of rotatable bonds is 4. The molecule has 1 aromatic carbocycles. The fourth-order valence-corrected chi connectivity index (χ4v) is 2.70. The molecule has 0 bridgehead atoms. The van der Waals surface area contributed by atoms with Gasteiger partial charge < -0.3 is 19.7 Å². The van der Waals surface area contributed by atoms with Gasteiger partial charge in [-0.05, 0) is 37.1 Å². The molecular formula is C17H19ClN4O3. The van der Waals surface area contributed by atoms with Crippen LogP contribution in [0.15, 0.2) is 36.7 Å². The molecule has 1 saturated heterocycles. The van der Waals surface area contributed by atoms with Crippen LogP contribution in [0.1, 0.15) is 12.8 Å². The van der Waals surface area contributed by atoms with Crippen molar-refractivity contribution in [3.8, 4) is 11.8 Å². The van der Waals surface area contributed by atoms with Crippen LogP contribution in [0.2, 0.25) is 5.02 Å². The van der Waals surface area contributed by atoms with Crippen molar-refractivity contribution in [2.24, 2.45) is 0 Å². The van der Waals surface area contributed by atoms with Gasteiger partial charge in [-0.1, -0.05) is 11.6 Å². The molecule has 0 spiro atoms. The zero-order chi connectivity index (χ0) is 17.6. The number of carbonyl (C=O) groups excluding carboxylic acids is 1. The molecule has 7 nitrogen and oxygen atoms in total. The first-order chi connectivity index (χ1) is 12.1. The van der Waals surface area contributed by atoms with Crippen molar-refractivity contribution in [2.45, 2.75) is 18.9 Å². The first kappa shape index (κ1) is 17.3. The number of hydrogen-bond acceptors (Lipinski definition) is 5. The van der Waals surface area contributed by atoms with E-state index in [0.717, 1.165) is 24.3 Å². The van der Waals surface area contributed by atoms with Gasteiger partial charge in [0.2, 0.25) is 0 Å². The summed E-state index contributed by atoms with van der Waals surface area (Å²) in [7, 11) is 1.60. The molecule has 8 heteroatoms. The minimum atomic E-state index is -0.157. The molecule has 2 amide bonds. The van der Waals surface area contributed by atoms with Gasteiger partial charge in [0.15, 0.2) is 0 Å². The van der Waals surface area contributed by atoms with Crippen molar-refractivity contribution in [1.29, 1.82) is 0 Å². The lowest BCUT2D eigenvalue weighted by Crippen LogP contribution is -2.46. The average molecular weight is 363 g/mol. The van der Waals surface area contributed by atoms with Crippen LogP contribution >= 0.6 is 11.6 Å². The largest absolute Gasteiger partial charge is 0.497 e. The Hall–Kier alpha value is -2.54. The Balaban J connectivity index is 1.56. The topological polar surface area (TPSA) is 76.6 Å². The third-order valence-corrected chi connectivity index (χ3v) is 4.07. The third kappa shape index (κ3) is 4.73. The number of aromatic nitrogens is 2. The van der Waals surface area contributed by atoms with E-state index in [0.29, 0.717) is 18.1 Å². The molecule has 132 valence electrons. The number of carbonyl (C=O) groups is 1. The molecule has 1 aliphatic heterocycles. The van der Waals surface area contributed by atoms with Gasteiger partial charge in [0, 0.05) is 12.2 Å². The normalized spacial score (nSPS) is 17.0. The predicted molar refractivity (Wildman–Crippen MR) is 94.3 cm³/mol. The number of anilines is 1. The SMILES string of the molecule is COc1ccc(NC(=O)N2CCC[C@H](Oc3ncc(Cl)cn3)C2)cc1. The van der Waals surface area contributed by atoms with Gasteiger partial charge in [0.05, 0.1) is 31.1 Å². The summed E-state index contributed by atoms with van der Waals surface area (Å²) >= 11 is 5.77. The van der Waals surface area contributed by atoms with Gasteiger partial charge in [0.25, 0.3) is 0 Å². The molecule has 25 heavy (non-hydrogen) atoms. The second kappa shape index (κ2) is 8.02. The summed E-state index contributed by atoms with van der Waals surface area (Å²) in [5.74, 6) is 0.743. The Morgan fingerprint density at radius 2 is 2.00 bits per heavy atom. The van der Waals surface area contributed by atoms with Gasteiger partial charge in [0.1, 0.15) is 11.9 Å². The molecule has 1 atom stereocenters. The first-order valence-corrected chi connectivity index (χ1v) is 8.36. The van der Waals surface area contributed by atoms with Crippen molar-refractivity contribution in [3.05, 3.63) is 41.7 Å². The minimum Gasteiger partial charge on any atom is -0.497 e. The van der Waals surface area contributed by atoms with Gasteiger partial charge in [-0.2, -0.15) is 0 Å². The Morgan fingerprint density at radius 1 is 1.28 bits per heavy atom. The maximum absolute atomic E-state index is 12.4. The monoisotopic (exact) mass is 362 g/mol. The summed E-state index contributed by atoms with van der Waals surface area (Å²) in [6.45, 7) is 1.16. The molecule has 3 rings (SSSR count). The van der Waals surface area contributed by atoms with E-state index in [1.807, 2.05) is 0 Å². The lowest BCUT2D eigenvalue weighted by Gasteiger charge is -2.32. The second-order valence-corrected chi connectivity index (χ2v) is 6.11. The van der Waals surface area contributed by atoms with Crippen LogP contribution in [0.25, 0.3) is 0 Å². The van der Waals surface area contributed by atoms with Gasteiger partial charge >= 0.3 is 12.0 Å². The van der Waals surface area contributed by atoms with E-state index in [4.69, 9.17) is 21.1 Å². The standard InChI is InChI=1S/C17H19ClN4O3/c1-24-14-6-4-13(5-7-14)21-17(23)22-8-2-3-15(11-22)25-16-19-9-12(18)10-20-16/h4-7,9-10,15H,2-3,8,11H2,1H3,(H,21,23)/t15-/m0/s1. The molecule has 1 aromatic heterocycles. The maximum Gasteiger partial charge on any atom is 0.321 e. The molecule has 1 N–H and O–H groups in total. The first-order valence-electron chi connectivity index (χ1n) is 7.98. The highest BCUT2D eigenvalue weighted by atomic mass is 35.5. The van der Waals surface area contributed by atoms with E-state index >= 15 is 0 Å². The highest BCUT2D eigenvalue weighted by molar-refractivity contribution is 6.30. The van der Waals surface area contributed by atoms with Crippen molar-refractivity contribution >= 4 is 23.3 Å². The fraction of sp³-hybridized carbons (Fsp3) is 0.353. The summed E-state index contributed by atoms with van der Waals surface area (Å²) in [6, 6.07) is 7.32. The number of piperidine rings is 1. The second-order valence-electron chi connectivity index (χ2n) is 5.67. The molecule has 0 aliphatic carbocycles. The Labute approximate surface area is 150 Å². The quantitative estimate of drug-likeness (QED) is 0.903. The fourth-order valence-electron chi connectivity index (χ4n) is 2.61. The third-order valence-electron chi connectivity index (χ3n) is 3.88. The van der Waals surface area contributed by atoms with E-state index in [9.17, 15) is 4.79 Å². The number of benzene rings is 1. The summed E-state index contributed by atoms with van der Waals surface area (Å²) in [5, 5.41) is 3.34. The Bertz CT molecular complexity index is 709. The lowest BCUT2D eigenvalue weighted by molar-refractivity contribution is 0.0983. The van der Waals surface area contributed by atoms with E-state index in [-0.39, 0.29) is 18.1 Å². The van der Waals surface area contributed by atoms with E-state index in [2.05, 4.69) is 15.3 Å². The zero-order valence-corrected chi connectivity index (χ0v) is 14.6. The van der Waals surface area contributed by atoms with Gasteiger partial charge in [-0.25, -0.2) is 14.8 Å². The Kier molecular flexibility index (Phi) is 5.55. The molecule has 2 aromatic rings. The maximum atomic E-state index is 12.4. The predicted octanol–water partition coefficient (Wildman–Crippen LogP) is 3.21. The number of methoxy groups -OCH3 is 1. The van der Waals surface area contributed by atoms with Crippen LogP contribution in [0.4, 0.5) is 10.5 Å². The number of ether oxygens (including phenoxy) is 2. The van der Waals surface area contributed by atoms with Gasteiger partial charge in [-0.15, -0.1) is 0 Å². The number of amides is 2. The van der Waals surface area contributed by atoms with Crippen LogP contribution in [0.5, 0.6) is 11.8 Å². The number of hydrogen-bond donors (Lipinski definition) is 1. The highest BCUT2D eigenvalue weighted by Gasteiger charge is 2.25. The van der Waals surface area contributed by atoms with Crippen LogP contribution in [-0.2, 0) is 0 Å². The summed E-state index contributed by atoms with van der Waals surface area (Å²) < 4.78 is 10.9. The molecule has 0 saturated carbocycles. The number of likely N-dealkylation sites (tertiary alicyclic amines) is 1. The van der Waals surface area contributed by atoms with Crippen LogP contribution in [0.3, 0.4) is 0 Å². The molecule has 1 aliphatic rings. The smallest absolute Gasteiger partial charge is 0.321 e. The molecule has 1 fully saturated rings.